The molecule has 0 spiro atoms. The lowest BCUT2D eigenvalue weighted by Gasteiger charge is -2.33. The van der Waals surface area contributed by atoms with Crippen molar-refractivity contribution in [1.29, 1.82) is 0 Å². The van der Waals surface area contributed by atoms with Crippen LogP contribution in [0.15, 0.2) is 12.4 Å². The maximum Gasteiger partial charge on any atom is 0.410 e. The molecule has 2 fully saturated rings. The van der Waals surface area contributed by atoms with Gasteiger partial charge in [-0.1, -0.05) is 19.6 Å². The minimum Gasteiger partial charge on any atom is -0.444 e. The fourth-order valence-electron chi connectivity index (χ4n) is 4.51. The summed E-state index contributed by atoms with van der Waals surface area (Å²) in [5.74, 6) is 0.725. The number of piperidine rings is 1. The van der Waals surface area contributed by atoms with Crippen molar-refractivity contribution in [3.63, 3.8) is 0 Å². The Morgan fingerprint density at radius 3 is 2.42 bits per heavy atom. The summed E-state index contributed by atoms with van der Waals surface area (Å²) in [6.07, 6.45) is 8.01. The van der Waals surface area contributed by atoms with Gasteiger partial charge in [-0.05, 0) is 64.8 Å². The van der Waals surface area contributed by atoms with Crippen LogP contribution >= 0.6 is 0 Å². The van der Waals surface area contributed by atoms with E-state index in [4.69, 9.17) is 19.4 Å². The standard InChI is InChI=1S/C27H42N4O4Si/c1-27(2,3)35-26(33)30-11-9-19(10-12-30)15-21-16-28-25-23(29-21)22(24(32)20-7-8-20)17-31(25)18-34-13-14-36(4,5)6/h16-17,19-20H,7-15,18H2,1-6H3. The molecule has 1 saturated heterocycles. The lowest BCUT2D eigenvalue weighted by Crippen LogP contribution is -2.42. The number of rotatable bonds is 9. The third-order valence-corrected chi connectivity index (χ3v) is 8.52. The Labute approximate surface area is 215 Å². The average Bonchev–Trinajstić information content (AvgIpc) is 3.57. The maximum absolute atomic E-state index is 13.0. The van der Waals surface area contributed by atoms with Gasteiger partial charge in [0.05, 0.1) is 17.5 Å². The summed E-state index contributed by atoms with van der Waals surface area (Å²) in [5, 5.41) is 0. The molecule has 198 valence electrons. The highest BCUT2D eigenvalue weighted by Crippen LogP contribution is 2.35. The fourth-order valence-corrected chi connectivity index (χ4v) is 5.27. The van der Waals surface area contributed by atoms with Gasteiger partial charge in [0.25, 0.3) is 0 Å². The van der Waals surface area contributed by atoms with Crippen molar-refractivity contribution in [2.75, 3.05) is 19.7 Å². The molecule has 0 N–H and O–H groups in total. The molecule has 2 aromatic rings. The van der Waals surface area contributed by atoms with Gasteiger partial charge in [-0.15, -0.1) is 0 Å². The van der Waals surface area contributed by atoms with Crippen molar-refractivity contribution >= 4 is 31.1 Å². The number of fused-ring (bicyclic) bond motifs is 1. The van der Waals surface area contributed by atoms with Crippen LogP contribution in [0.2, 0.25) is 25.7 Å². The van der Waals surface area contributed by atoms with Gasteiger partial charge < -0.3 is 18.9 Å². The van der Waals surface area contributed by atoms with E-state index < -0.39 is 13.7 Å². The van der Waals surface area contributed by atoms with Crippen molar-refractivity contribution in [3.8, 4) is 0 Å². The minimum absolute atomic E-state index is 0.125. The molecule has 36 heavy (non-hydrogen) atoms. The van der Waals surface area contributed by atoms with E-state index in [0.29, 0.717) is 36.8 Å². The van der Waals surface area contributed by atoms with Crippen LogP contribution in [0.4, 0.5) is 4.79 Å². The van der Waals surface area contributed by atoms with Crippen LogP contribution in [0, 0.1) is 11.8 Å². The summed E-state index contributed by atoms with van der Waals surface area (Å²) < 4.78 is 13.4. The van der Waals surface area contributed by atoms with Crippen molar-refractivity contribution in [2.24, 2.45) is 11.8 Å². The molecule has 1 aliphatic carbocycles. The van der Waals surface area contributed by atoms with Gasteiger partial charge in [0.15, 0.2) is 11.4 Å². The minimum atomic E-state index is -1.16. The van der Waals surface area contributed by atoms with E-state index in [1.165, 1.54) is 0 Å². The van der Waals surface area contributed by atoms with Gasteiger partial charge >= 0.3 is 6.09 Å². The molecule has 4 rings (SSSR count). The Hall–Kier alpha value is -2.26. The van der Waals surface area contributed by atoms with E-state index >= 15 is 0 Å². The first kappa shape index (κ1) is 26.8. The molecule has 1 saturated carbocycles. The largest absolute Gasteiger partial charge is 0.444 e. The van der Waals surface area contributed by atoms with Gasteiger partial charge in [-0.2, -0.15) is 0 Å². The molecule has 1 aliphatic heterocycles. The second-order valence-electron chi connectivity index (χ2n) is 12.6. The van der Waals surface area contributed by atoms with Crippen LogP contribution < -0.4 is 0 Å². The van der Waals surface area contributed by atoms with E-state index in [9.17, 15) is 9.59 Å². The smallest absolute Gasteiger partial charge is 0.410 e. The SMILES string of the molecule is CC(C)(C)OC(=O)N1CCC(Cc2cnc3c(n2)c(C(=O)C2CC2)cn3COCC[Si](C)(C)C)CC1. The predicted octanol–water partition coefficient (Wildman–Crippen LogP) is 5.53. The van der Waals surface area contributed by atoms with E-state index in [-0.39, 0.29) is 17.8 Å². The van der Waals surface area contributed by atoms with Crippen LogP contribution in [0.1, 0.15) is 62.5 Å². The topological polar surface area (TPSA) is 86.5 Å². The number of carbonyl (C=O) groups excluding carboxylic acids is 2. The fraction of sp³-hybridized carbons (Fsp3) is 0.704. The van der Waals surface area contributed by atoms with Crippen molar-refractivity contribution in [2.45, 2.75) is 90.9 Å². The van der Waals surface area contributed by atoms with Crippen molar-refractivity contribution in [3.05, 3.63) is 23.7 Å². The Balaban J connectivity index is 1.43. The van der Waals surface area contributed by atoms with Gasteiger partial charge in [-0.3, -0.25) is 4.79 Å². The number of nitrogens with zero attached hydrogens (tertiary/aromatic N) is 4. The number of aromatic nitrogens is 3. The number of amides is 1. The van der Waals surface area contributed by atoms with E-state index in [0.717, 1.165) is 56.1 Å². The van der Waals surface area contributed by atoms with Gasteiger partial charge in [0.1, 0.15) is 17.8 Å². The molecule has 2 aliphatic rings. The maximum atomic E-state index is 13.0. The Morgan fingerprint density at radius 1 is 1.11 bits per heavy atom. The number of likely N-dealkylation sites (tertiary alicyclic amines) is 1. The molecule has 0 bridgehead atoms. The molecule has 0 atom stereocenters. The van der Waals surface area contributed by atoms with E-state index in [1.54, 1.807) is 4.90 Å². The summed E-state index contributed by atoms with van der Waals surface area (Å²) >= 11 is 0. The Morgan fingerprint density at radius 2 is 1.81 bits per heavy atom. The molecule has 1 amide bonds. The van der Waals surface area contributed by atoms with Crippen molar-refractivity contribution in [1.82, 2.24) is 19.4 Å². The van der Waals surface area contributed by atoms with Crippen LogP contribution in [-0.2, 0) is 22.6 Å². The third kappa shape index (κ3) is 7.15. The zero-order valence-corrected chi connectivity index (χ0v) is 23.8. The van der Waals surface area contributed by atoms with E-state index in [2.05, 4.69) is 19.6 Å². The molecule has 2 aromatic heterocycles. The summed E-state index contributed by atoms with van der Waals surface area (Å²) in [6.45, 7) is 15.2. The number of hydrogen-bond acceptors (Lipinski definition) is 6. The molecule has 0 radical (unpaired) electrons. The average molecular weight is 515 g/mol. The zero-order chi connectivity index (χ0) is 26.1. The summed E-state index contributed by atoms with van der Waals surface area (Å²) in [7, 11) is -1.16. The predicted molar refractivity (Wildman–Crippen MR) is 143 cm³/mol. The molecule has 8 nitrogen and oxygen atoms in total. The van der Waals surface area contributed by atoms with Crippen LogP contribution in [-0.4, -0.2) is 64.7 Å². The molecule has 3 heterocycles. The highest BCUT2D eigenvalue weighted by molar-refractivity contribution is 6.76. The second kappa shape index (κ2) is 10.6. The molecular weight excluding hydrogens is 472 g/mol. The van der Waals surface area contributed by atoms with Crippen LogP contribution in [0.25, 0.3) is 11.2 Å². The summed E-state index contributed by atoms with van der Waals surface area (Å²) in [6, 6.07) is 1.10. The first-order valence-corrected chi connectivity index (χ1v) is 17.0. The van der Waals surface area contributed by atoms with Gasteiger partial charge in [0, 0.05) is 39.9 Å². The summed E-state index contributed by atoms with van der Waals surface area (Å²) in [5.41, 5.74) is 2.51. The first-order valence-electron chi connectivity index (χ1n) is 13.3. The molecule has 0 aromatic carbocycles. The Kier molecular flexibility index (Phi) is 7.90. The normalized spacial score (nSPS) is 17.6. The van der Waals surface area contributed by atoms with Crippen molar-refractivity contribution < 1.29 is 19.1 Å². The lowest BCUT2D eigenvalue weighted by molar-refractivity contribution is 0.0184. The number of Topliss-reactive ketones (excluding diaryl/α,β-unsaturated/α-hetero) is 1. The molecule has 0 unspecified atom stereocenters. The molecular formula is C27H42N4O4Si. The zero-order valence-electron chi connectivity index (χ0n) is 22.8. The number of ketones is 1. The highest BCUT2D eigenvalue weighted by atomic mass is 28.3. The summed E-state index contributed by atoms with van der Waals surface area (Å²) in [4.78, 5) is 36.9. The van der Waals surface area contributed by atoms with Gasteiger partial charge in [0.2, 0.25) is 0 Å². The first-order chi connectivity index (χ1) is 16.9. The number of carbonyl (C=O) groups is 2. The highest BCUT2D eigenvalue weighted by Gasteiger charge is 2.33. The monoisotopic (exact) mass is 514 g/mol. The molecule has 9 heteroatoms. The quantitative estimate of drug-likeness (QED) is 0.249. The number of ether oxygens (including phenoxy) is 2. The van der Waals surface area contributed by atoms with Gasteiger partial charge in [-0.25, -0.2) is 14.8 Å². The Bertz CT molecular complexity index is 1090. The van der Waals surface area contributed by atoms with E-state index in [1.807, 2.05) is 37.7 Å². The lowest BCUT2D eigenvalue weighted by atomic mass is 9.92. The van der Waals surface area contributed by atoms with Crippen LogP contribution in [0.3, 0.4) is 0 Å². The third-order valence-electron chi connectivity index (χ3n) is 6.82. The van der Waals surface area contributed by atoms with Crippen LogP contribution in [0.5, 0.6) is 0 Å². The number of hydrogen-bond donors (Lipinski definition) is 0. The second-order valence-corrected chi connectivity index (χ2v) is 18.3.